The summed E-state index contributed by atoms with van der Waals surface area (Å²) in [6.07, 6.45) is 3.81. The molecule has 1 heterocycles. The molecule has 0 atom stereocenters. The number of fused-ring (bicyclic) bond motifs is 1. The second-order valence-electron chi connectivity index (χ2n) is 5.94. The summed E-state index contributed by atoms with van der Waals surface area (Å²) in [6.45, 7) is 0. The third kappa shape index (κ3) is 4.22. The zero-order chi connectivity index (χ0) is 18.4. The quantitative estimate of drug-likeness (QED) is 0.597. The Kier molecular flexibility index (Phi) is 5.53. The average molecular weight is 351 g/mol. The molecule has 0 saturated carbocycles. The maximum atomic E-state index is 12.0. The van der Waals surface area contributed by atoms with Crippen molar-refractivity contribution in [1.29, 1.82) is 0 Å². The molecule has 2 aromatic carbocycles. The maximum Gasteiger partial charge on any atom is 0.269 e. The van der Waals surface area contributed by atoms with Crippen molar-refractivity contribution in [1.82, 2.24) is 15.8 Å². The lowest BCUT2D eigenvalue weighted by Crippen LogP contribution is -2.41. The first-order chi connectivity index (χ1) is 12.7. The highest BCUT2D eigenvalue weighted by atomic mass is 16.5. The Balaban J connectivity index is 1.43. The molecule has 3 rings (SSSR count). The Morgan fingerprint density at radius 2 is 1.81 bits per heavy atom. The van der Waals surface area contributed by atoms with E-state index >= 15 is 0 Å². The van der Waals surface area contributed by atoms with E-state index in [-0.39, 0.29) is 11.8 Å². The van der Waals surface area contributed by atoms with Crippen LogP contribution in [0.25, 0.3) is 10.9 Å². The van der Waals surface area contributed by atoms with Crippen LogP contribution in [0, 0.1) is 0 Å². The SMILES string of the molecule is COc1ccc(C(=O)NNC(=O)CCCc2c[nH]c3ccccc23)cc1. The summed E-state index contributed by atoms with van der Waals surface area (Å²) in [5.74, 6) is 0.0900. The summed E-state index contributed by atoms with van der Waals surface area (Å²) in [6, 6.07) is 14.7. The van der Waals surface area contributed by atoms with Gasteiger partial charge in [0.25, 0.3) is 5.91 Å². The van der Waals surface area contributed by atoms with Gasteiger partial charge in [-0.25, -0.2) is 0 Å². The normalized spacial score (nSPS) is 10.5. The van der Waals surface area contributed by atoms with Gasteiger partial charge < -0.3 is 9.72 Å². The minimum Gasteiger partial charge on any atom is -0.497 e. The number of methoxy groups -OCH3 is 1. The first kappa shape index (κ1) is 17.5. The highest BCUT2D eigenvalue weighted by Crippen LogP contribution is 2.19. The molecule has 2 amide bonds. The molecule has 0 fully saturated rings. The van der Waals surface area contributed by atoms with Crippen LogP contribution in [-0.2, 0) is 11.2 Å². The number of hydrazine groups is 1. The largest absolute Gasteiger partial charge is 0.497 e. The number of benzene rings is 2. The molecule has 0 radical (unpaired) electrons. The summed E-state index contributed by atoms with van der Waals surface area (Å²) < 4.78 is 5.05. The molecule has 0 aliphatic carbocycles. The molecule has 0 bridgehead atoms. The molecule has 0 spiro atoms. The topological polar surface area (TPSA) is 83.2 Å². The number of aromatic nitrogens is 1. The molecule has 3 N–H and O–H groups in total. The lowest BCUT2D eigenvalue weighted by molar-refractivity contribution is -0.121. The molecule has 134 valence electrons. The van der Waals surface area contributed by atoms with Gasteiger partial charge >= 0.3 is 0 Å². The van der Waals surface area contributed by atoms with Crippen LogP contribution in [0.15, 0.2) is 54.7 Å². The highest BCUT2D eigenvalue weighted by Gasteiger charge is 2.08. The predicted molar refractivity (Wildman–Crippen MR) is 99.8 cm³/mol. The first-order valence-corrected chi connectivity index (χ1v) is 8.45. The van der Waals surface area contributed by atoms with Crippen molar-refractivity contribution in [3.8, 4) is 5.75 Å². The minimum atomic E-state index is -0.363. The fourth-order valence-corrected chi connectivity index (χ4v) is 2.78. The summed E-state index contributed by atoms with van der Waals surface area (Å²) in [7, 11) is 1.56. The molecular weight excluding hydrogens is 330 g/mol. The summed E-state index contributed by atoms with van der Waals surface area (Å²) in [5.41, 5.74) is 7.61. The molecule has 6 nitrogen and oxygen atoms in total. The number of aryl methyl sites for hydroxylation is 1. The Hall–Kier alpha value is -3.28. The number of carbonyl (C=O) groups excluding carboxylic acids is 2. The van der Waals surface area contributed by atoms with Crippen molar-refractivity contribution in [2.24, 2.45) is 0 Å². The van der Waals surface area contributed by atoms with Gasteiger partial charge in [-0.05, 0) is 48.7 Å². The van der Waals surface area contributed by atoms with Crippen LogP contribution in [0.3, 0.4) is 0 Å². The van der Waals surface area contributed by atoms with Crippen LogP contribution >= 0.6 is 0 Å². The number of hydrogen-bond donors (Lipinski definition) is 3. The summed E-state index contributed by atoms with van der Waals surface area (Å²) in [5, 5.41) is 1.18. The van der Waals surface area contributed by atoms with Crippen LogP contribution in [0.1, 0.15) is 28.8 Å². The molecule has 3 aromatic rings. The Labute approximate surface area is 151 Å². The van der Waals surface area contributed by atoms with E-state index in [1.807, 2.05) is 24.4 Å². The van der Waals surface area contributed by atoms with Gasteiger partial charge in [0.1, 0.15) is 5.75 Å². The summed E-state index contributed by atoms with van der Waals surface area (Å²) >= 11 is 0. The number of aromatic amines is 1. The van der Waals surface area contributed by atoms with Gasteiger partial charge in [0.2, 0.25) is 5.91 Å². The zero-order valence-corrected chi connectivity index (χ0v) is 14.5. The van der Waals surface area contributed by atoms with Crippen LogP contribution in [0.2, 0.25) is 0 Å². The van der Waals surface area contributed by atoms with Crippen LogP contribution in [0.4, 0.5) is 0 Å². The highest BCUT2D eigenvalue weighted by molar-refractivity contribution is 5.95. The Morgan fingerprint density at radius 1 is 1.04 bits per heavy atom. The van der Waals surface area contributed by atoms with E-state index in [0.717, 1.165) is 11.9 Å². The van der Waals surface area contributed by atoms with Crippen molar-refractivity contribution in [2.75, 3.05) is 7.11 Å². The van der Waals surface area contributed by atoms with Crippen LogP contribution < -0.4 is 15.6 Å². The molecule has 0 aliphatic heterocycles. The van der Waals surface area contributed by atoms with Crippen molar-refractivity contribution in [3.05, 3.63) is 65.9 Å². The van der Waals surface area contributed by atoms with Gasteiger partial charge in [0.05, 0.1) is 7.11 Å². The van der Waals surface area contributed by atoms with Gasteiger partial charge in [0, 0.05) is 29.1 Å². The number of nitrogens with one attached hydrogen (secondary N) is 3. The molecule has 26 heavy (non-hydrogen) atoms. The van der Waals surface area contributed by atoms with Crippen LogP contribution in [-0.4, -0.2) is 23.9 Å². The average Bonchev–Trinajstić information content (AvgIpc) is 3.09. The Bertz CT molecular complexity index is 900. The van der Waals surface area contributed by atoms with Gasteiger partial charge in [0.15, 0.2) is 0 Å². The molecule has 1 aromatic heterocycles. The van der Waals surface area contributed by atoms with Crippen molar-refractivity contribution < 1.29 is 14.3 Å². The van der Waals surface area contributed by atoms with Gasteiger partial charge in [-0.15, -0.1) is 0 Å². The van der Waals surface area contributed by atoms with E-state index in [9.17, 15) is 9.59 Å². The van der Waals surface area contributed by atoms with E-state index in [0.29, 0.717) is 24.2 Å². The smallest absolute Gasteiger partial charge is 0.269 e. The predicted octanol–water partition coefficient (Wildman–Crippen LogP) is 2.96. The van der Waals surface area contributed by atoms with Gasteiger partial charge in [-0.2, -0.15) is 0 Å². The Morgan fingerprint density at radius 3 is 2.58 bits per heavy atom. The fraction of sp³-hybridized carbons (Fsp3) is 0.200. The molecule has 0 unspecified atom stereocenters. The molecule has 0 saturated heterocycles. The number of rotatable bonds is 6. The third-order valence-corrected chi connectivity index (χ3v) is 4.19. The number of para-hydroxylation sites is 1. The molecular formula is C20H21N3O3. The number of hydrogen-bond acceptors (Lipinski definition) is 3. The van der Waals surface area contributed by atoms with E-state index in [1.54, 1.807) is 31.4 Å². The number of ether oxygens (including phenoxy) is 1. The van der Waals surface area contributed by atoms with Crippen molar-refractivity contribution in [2.45, 2.75) is 19.3 Å². The van der Waals surface area contributed by atoms with E-state index in [4.69, 9.17) is 4.74 Å². The molecule has 0 aliphatic rings. The first-order valence-electron chi connectivity index (χ1n) is 8.45. The van der Waals surface area contributed by atoms with Gasteiger partial charge in [-0.3, -0.25) is 20.4 Å². The van der Waals surface area contributed by atoms with Crippen molar-refractivity contribution >= 4 is 22.7 Å². The monoisotopic (exact) mass is 351 g/mol. The van der Waals surface area contributed by atoms with Crippen molar-refractivity contribution in [3.63, 3.8) is 0 Å². The lowest BCUT2D eigenvalue weighted by Gasteiger charge is -2.08. The third-order valence-electron chi connectivity index (χ3n) is 4.19. The van der Waals surface area contributed by atoms with E-state index in [2.05, 4.69) is 21.9 Å². The molecule has 6 heteroatoms. The van der Waals surface area contributed by atoms with E-state index < -0.39 is 0 Å². The number of carbonyl (C=O) groups is 2. The fourth-order valence-electron chi connectivity index (χ4n) is 2.78. The standard InChI is InChI=1S/C20H21N3O3/c1-26-16-11-9-14(10-12-16)20(25)23-22-19(24)8-4-5-15-13-21-18-7-3-2-6-17(15)18/h2-3,6-7,9-13,21H,4-5,8H2,1H3,(H,22,24)(H,23,25). The summed E-state index contributed by atoms with van der Waals surface area (Å²) in [4.78, 5) is 27.1. The number of amides is 2. The van der Waals surface area contributed by atoms with Crippen LogP contribution in [0.5, 0.6) is 5.75 Å². The zero-order valence-electron chi connectivity index (χ0n) is 14.5. The lowest BCUT2D eigenvalue weighted by atomic mass is 10.1. The second kappa shape index (κ2) is 8.20. The number of H-pyrrole nitrogens is 1. The maximum absolute atomic E-state index is 12.0. The minimum absolute atomic E-state index is 0.216. The van der Waals surface area contributed by atoms with E-state index in [1.165, 1.54) is 10.9 Å². The second-order valence-corrected chi connectivity index (χ2v) is 5.94. The van der Waals surface area contributed by atoms with Gasteiger partial charge in [-0.1, -0.05) is 18.2 Å².